The van der Waals surface area contributed by atoms with Crippen LogP contribution in [0.25, 0.3) is 0 Å². The highest BCUT2D eigenvalue weighted by Crippen LogP contribution is 2.11. The van der Waals surface area contributed by atoms with E-state index in [0.29, 0.717) is 11.4 Å². The molecule has 1 heterocycles. The Balaban J connectivity index is 0.00000169. The van der Waals surface area contributed by atoms with Crippen molar-refractivity contribution >= 4 is 24.2 Å². The molecule has 1 aromatic heterocycles. The van der Waals surface area contributed by atoms with Crippen molar-refractivity contribution < 1.29 is 9.53 Å². The van der Waals surface area contributed by atoms with E-state index in [2.05, 4.69) is 15.0 Å². The van der Waals surface area contributed by atoms with E-state index in [1.165, 1.54) is 7.11 Å². The Morgan fingerprint density at radius 2 is 2.36 bits per heavy atom. The fourth-order valence-electron chi connectivity index (χ4n) is 0.988. The number of anilines is 1. The standard InChI is InChI=1S/C9H12N2O2.ClH/c1-3-10-8-7(9(12)13-2)5-4-6-11-8;/h4-6H,3H2,1-2H3,(H,10,11);1H. The normalized spacial score (nSPS) is 8.71. The van der Waals surface area contributed by atoms with Crippen LogP contribution in [0.5, 0.6) is 0 Å². The van der Waals surface area contributed by atoms with E-state index in [1.807, 2.05) is 6.92 Å². The first-order chi connectivity index (χ1) is 6.29. The molecule has 5 heteroatoms. The second-order valence-corrected chi connectivity index (χ2v) is 2.42. The van der Waals surface area contributed by atoms with E-state index < -0.39 is 0 Å². The third kappa shape index (κ3) is 2.88. The third-order valence-electron chi connectivity index (χ3n) is 1.56. The average molecular weight is 217 g/mol. The summed E-state index contributed by atoms with van der Waals surface area (Å²) in [6.45, 7) is 2.66. The maximum absolute atomic E-state index is 11.2. The van der Waals surface area contributed by atoms with Crippen molar-refractivity contribution in [1.29, 1.82) is 0 Å². The first kappa shape index (κ1) is 12.7. The molecular formula is C9H13ClN2O2. The number of nitrogens with one attached hydrogen (secondary N) is 1. The summed E-state index contributed by atoms with van der Waals surface area (Å²) in [5, 5.41) is 2.98. The van der Waals surface area contributed by atoms with Gasteiger partial charge in [-0.25, -0.2) is 9.78 Å². The Morgan fingerprint density at radius 3 is 2.93 bits per heavy atom. The average Bonchev–Trinajstić information content (AvgIpc) is 2.18. The second kappa shape index (κ2) is 6.21. The summed E-state index contributed by atoms with van der Waals surface area (Å²) in [5.41, 5.74) is 0.465. The van der Waals surface area contributed by atoms with Gasteiger partial charge in [-0.2, -0.15) is 0 Å². The van der Waals surface area contributed by atoms with Crippen molar-refractivity contribution in [3.63, 3.8) is 0 Å². The number of aromatic nitrogens is 1. The smallest absolute Gasteiger partial charge is 0.341 e. The highest BCUT2D eigenvalue weighted by Gasteiger charge is 2.10. The predicted molar refractivity (Wildman–Crippen MR) is 57.0 cm³/mol. The van der Waals surface area contributed by atoms with Crippen LogP contribution in [0.2, 0.25) is 0 Å². The van der Waals surface area contributed by atoms with E-state index in [0.717, 1.165) is 6.54 Å². The van der Waals surface area contributed by atoms with Gasteiger partial charge in [0.15, 0.2) is 0 Å². The minimum Gasteiger partial charge on any atom is -0.465 e. The minimum absolute atomic E-state index is 0. The van der Waals surface area contributed by atoms with Crippen molar-refractivity contribution in [3.8, 4) is 0 Å². The quantitative estimate of drug-likeness (QED) is 0.782. The Bertz CT molecular complexity index is 305. The van der Waals surface area contributed by atoms with Crippen LogP contribution >= 0.6 is 12.4 Å². The van der Waals surface area contributed by atoms with Crippen molar-refractivity contribution in [2.45, 2.75) is 6.92 Å². The van der Waals surface area contributed by atoms with Gasteiger partial charge in [-0.15, -0.1) is 12.4 Å². The number of pyridine rings is 1. The number of hydrogen-bond donors (Lipinski definition) is 1. The van der Waals surface area contributed by atoms with Gasteiger partial charge in [0, 0.05) is 12.7 Å². The van der Waals surface area contributed by atoms with Crippen molar-refractivity contribution in [1.82, 2.24) is 4.98 Å². The predicted octanol–water partition coefficient (Wildman–Crippen LogP) is 1.72. The highest BCUT2D eigenvalue weighted by molar-refractivity contribution is 5.94. The fraction of sp³-hybridized carbons (Fsp3) is 0.333. The molecule has 0 aliphatic rings. The van der Waals surface area contributed by atoms with Crippen LogP contribution in [0.15, 0.2) is 18.3 Å². The Kier molecular flexibility index (Phi) is 5.64. The lowest BCUT2D eigenvalue weighted by Gasteiger charge is -2.06. The summed E-state index contributed by atoms with van der Waals surface area (Å²) in [7, 11) is 1.35. The molecule has 0 aliphatic carbocycles. The van der Waals surface area contributed by atoms with Crippen LogP contribution in [0, 0.1) is 0 Å². The van der Waals surface area contributed by atoms with Crippen LogP contribution in [-0.2, 0) is 4.74 Å². The minimum atomic E-state index is -0.371. The van der Waals surface area contributed by atoms with Crippen molar-refractivity contribution in [3.05, 3.63) is 23.9 Å². The van der Waals surface area contributed by atoms with E-state index in [4.69, 9.17) is 0 Å². The van der Waals surface area contributed by atoms with Gasteiger partial charge in [0.1, 0.15) is 11.4 Å². The van der Waals surface area contributed by atoms with Crippen LogP contribution in [0.3, 0.4) is 0 Å². The Labute approximate surface area is 89.1 Å². The van der Waals surface area contributed by atoms with Gasteiger partial charge >= 0.3 is 5.97 Å². The molecule has 1 aromatic rings. The van der Waals surface area contributed by atoms with Crippen LogP contribution in [0.1, 0.15) is 17.3 Å². The molecule has 0 aromatic carbocycles. The molecule has 0 unspecified atom stereocenters. The number of esters is 1. The van der Waals surface area contributed by atoms with Crippen LogP contribution in [-0.4, -0.2) is 24.6 Å². The van der Waals surface area contributed by atoms with Crippen LogP contribution in [0.4, 0.5) is 5.82 Å². The number of hydrogen-bond acceptors (Lipinski definition) is 4. The number of ether oxygens (including phenoxy) is 1. The van der Waals surface area contributed by atoms with Gasteiger partial charge < -0.3 is 10.1 Å². The summed E-state index contributed by atoms with van der Waals surface area (Å²) in [4.78, 5) is 15.2. The number of carbonyl (C=O) groups is 1. The molecule has 0 amide bonds. The molecule has 0 fully saturated rings. The summed E-state index contributed by atoms with van der Waals surface area (Å²) >= 11 is 0. The van der Waals surface area contributed by atoms with Crippen LogP contribution < -0.4 is 5.32 Å². The monoisotopic (exact) mass is 216 g/mol. The molecular weight excluding hydrogens is 204 g/mol. The maximum atomic E-state index is 11.2. The number of rotatable bonds is 3. The van der Waals surface area contributed by atoms with Gasteiger partial charge in [0.25, 0.3) is 0 Å². The maximum Gasteiger partial charge on any atom is 0.341 e. The van der Waals surface area contributed by atoms with Gasteiger partial charge in [-0.3, -0.25) is 0 Å². The zero-order chi connectivity index (χ0) is 9.68. The fourth-order valence-corrected chi connectivity index (χ4v) is 0.988. The molecule has 78 valence electrons. The van der Waals surface area contributed by atoms with E-state index in [1.54, 1.807) is 18.3 Å². The third-order valence-corrected chi connectivity index (χ3v) is 1.56. The summed E-state index contributed by atoms with van der Waals surface area (Å²) in [6, 6.07) is 3.38. The van der Waals surface area contributed by atoms with E-state index >= 15 is 0 Å². The molecule has 0 radical (unpaired) electrons. The number of carbonyl (C=O) groups excluding carboxylic acids is 1. The molecule has 0 spiro atoms. The molecule has 1 rings (SSSR count). The molecule has 1 N–H and O–H groups in total. The molecule has 4 nitrogen and oxygen atoms in total. The number of methoxy groups -OCH3 is 1. The largest absolute Gasteiger partial charge is 0.465 e. The highest BCUT2D eigenvalue weighted by atomic mass is 35.5. The van der Waals surface area contributed by atoms with Gasteiger partial charge in [0.2, 0.25) is 0 Å². The van der Waals surface area contributed by atoms with E-state index in [-0.39, 0.29) is 18.4 Å². The first-order valence-electron chi connectivity index (χ1n) is 4.06. The lowest BCUT2D eigenvalue weighted by Crippen LogP contribution is -2.09. The SMILES string of the molecule is CCNc1ncccc1C(=O)OC.Cl. The van der Waals surface area contributed by atoms with Crippen molar-refractivity contribution in [2.24, 2.45) is 0 Å². The van der Waals surface area contributed by atoms with Crippen molar-refractivity contribution in [2.75, 3.05) is 19.0 Å². The van der Waals surface area contributed by atoms with Gasteiger partial charge in [0.05, 0.1) is 7.11 Å². The number of halogens is 1. The molecule has 14 heavy (non-hydrogen) atoms. The zero-order valence-electron chi connectivity index (χ0n) is 8.11. The molecule has 0 bridgehead atoms. The molecule has 0 aliphatic heterocycles. The molecule has 0 atom stereocenters. The van der Waals surface area contributed by atoms with Gasteiger partial charge in [-0.1, -0.05) is 0 Å². The zero-order valence-corrected chi connectivity index (χ0v) is 8.93. The second-order valence-electron chi connectivity index (χ2n) is 2.42. The summed E-state index contributed by atoms with van der Waals surface area (Å²) < 4.78 is 4.60. The van der Waals surface area contributed by atoms with E-state index in [9.17, 15) is 4.79 Å². The molecule has 0 saturated carbocycles. The number of nitrogens with zero attached hydrogens (tertiary/aromatic N) is 1. The topological polar surface area (TPSA) is 51.2 Å². The summed E-state index contributed by atoms with van der Waals surface area (Å²) in [5.74, 6) is 0.195. The molecule has 0 saturated heterocycles. The Morgan fingerprint density at radius 1 is 1.64 bits per heavy atom. The lowest BCUT2D eigenvalue weighted by atomic mass is 10.2. The first-order valence-corrected chi connectivity index (χ1v) is 4.06. The Hall–Kier alpha value is -1.29. The summed E-state index contributed by atoms with van der Waals surface area (Å²) in [6.07, 6.45) is 1.63. The van der Waals surface area contributed by atoms with Gasteiger partial charge in [-0.05, 0) is 19.1 Å². The lowest BCUT2D eigenvalue weighted by molar-refractivity contribution is 0.0601.